The van der Waals surface area contributed by atoms with Gasteiger partial charge in [0, 0.05) is 12.3 Å². The Morgan fingerprint density at radius 2 is 1.89 bits per heavy atom. The van der Waals surface area contributed by atoms with E-state index in [1.807, 2.05) is 0 Å². The van der Waals surface area contributed by atoms with Gasteiger partial charge in [0.05, 0.1) is 16.5 Å². The van der Waals surface area contributed by atoms with Gasteiger partial charge in [-0.05, 0) is 12.1 Å². The normalized spacial score (nSPS) is 12.5. The fraction of sp³-hybridized carbons (Fsp3) is 0.400. The van der Waals surface area contributed by atoms with E-state index in [1.165, 1.54) is 25.1 Å². The maximum Gasteiger partial charge on any atom is 0.244 e. The molecule has 0 unspecified atom stereocenters. The SMILES string of the molecule is CCS(=O)(=O)CCNS(=O)(=O)c1c(N)cccc1Cl. The molecule has 0 aliphatic heterocycles. The predicted molar refractivity (Wildman–Crippen MR) is 75.4 cm³/mol. The van der Waals surface area contributed by atoms with Gasteiger partial charge in [-0.3, -0.25) is 0 Å². The summed E-state index contributed by atoms with van der Waals surface area (Å²) in [5, 5.41) is -0.00847. The van der Waals surface area contributed by atoms with Crippen molar-refractivity contribution >= 4 is 37.1 Å². The second kappa shape index (κ2) is 6.08. The molecule has 19 heavy (non-hydrogen) atoms. The number of sulfonamides is 1. The van der Waals surface area contributed by atoms with Gasteiger partial charge in [-0.1, -0.05) is 24.6 Å². The van der Waals surface area contributed by atoms with E-state index in [0.29, 0.717) is 0 Å². The molecule has 0 aliphatic rings. The monoisotopic (exact) mass is 326 g/mol. The maximum absolute atomic E-state index is 12.0. The highest BCUT2D eigenvalue weighted by Gasteiger charge is 2.21. The molecule has 3 N–H and O–H groups in total. The number of anilines is 1. The van der Waals surface area contributed by atoms with Gasteiger partial charge in [-0.25, -0.2) is 21.6 Å². The summed E-state index contributed by atoms with van der Waals surface area (Å²) in [4.78, 5) is -0.231. The van der Waals surface area contributed by atoms with Crippen molar-refractivity contribution in [2.45, 2.75) is 11.8 Å². The van der Waals surface area contributed by atoms with Gasteiger partial charge in [0.25, 0.3) is 0 Å². The van der Waals surface area contributed by atoms with Gasteiger partial charge in [0.2, 0.25) is 10.0 Å². The molecular formula is C10H15ClN2O4S2. The molecule has 0 fully saturated rings. The lowest BCUT2D eigenvalue weighted by Crippen LogP contribution is -2.30. The van der Waals surface area contributed by atoms with Gasteiger partial charge >= 0.3 is 0 Å². The highest BCUT2D eigenvalue weighted by Crippen LogP contribution is 2.26. The van der Waals surface area contributed by atoms with Crippen LogP contribution >= 0.6 is 11.6 Å². The minimum Gasteiger partial charge on any atom is -0.398 e. The van der Waals surface area contributed by atoms with E-state index >= 15 is 0 Å². The van der Waals surface area contributed by atoms with Gasteiger partial charge < -0.3 is 5.73 Å². The number of nitrogens with one attached hydrogen (secondary N) is 1. The van der Waals surface area contributed by atoms with E-state index in [0.717, 1.165) is 0 Å². The van der Waals surface area contributed by atoms with Crippen molar-refractivity contribution in [1.29, 1.82) is 0 Å². The number of nitrogen functional groups attached to an aromatic ring is 1. The third-order valence-corrected chi connectivity index (χ3v) is 6.12. The lowest BCUT2D eigenvalue weighted by molar-refractivity contribution is 0.581. The Labute approximate surface area is 117 Å². The molecule has 0 aliphatic carbocycles. The van der Waals surface area contributed by atoms with Crippen molar-refractivity contribution in [2.75, 3.05) is 23.8 Å². The average molecular weight is 327 g/mol. The lowest BCUT2D eigenvalue weighted by Gasteiger charge is -2.10. The molecular weight excluding hydrogens is 312 g/mol. The van der Waals surface area contributed by atoms with Crippen molar-refractivity contribution in [2.24, 2.45) is 0 Å². The first-order chi connectivity index (χ1) is 8.69. The Morgan fingerprint density at radius 1 is 1.26 bits per heavy atom. The summed E-state index contributed by atoms with van der Waals surface area (Å²) in [6.45, 7) is 1.28. The smallest absolute Gasteiger partial charge is 0.244 e. The van der Waals surface area contributed by atoms with Crippen LogP contribution in [0.15, 0.2) is 23.1 Å². The third kappa shape index (κ3) is 4.34. The molecule has 0 heterocycles. The Balaban J connectivity index is 2.89. The number of halogens is 1. The van der Waals surface area contributed by atoms with Crippen molar-refractivity contribution in [3.63, 3.8) is 0 Å². The van der Waals surface area contributed by atoms with Crippen molar-refractivity contribution < 1.29 is 16.8 Å². The fourth-order valence-corrected chi connectivity index (χ4v) is 3.89. The molecule has 0 bridgehead atoms. The average Bonchev–Trinajstić information content (AvgIpc) is 2.27. The lowest BCUT2D eigenvalue weighted by atomic mass is 10.3. The molecule has 0 amide bonds. The topological polar surface area (TPSA) is 106 Å². The van der Waals surface area contributed by atoms with Gasteiger partial charge in [0.15, 0.2) is 9.84 Å². The third-order valence-electron chi connectivity index (χ3n) is 2.41. The van der Waals surface area contributed by atoms with Crippen LogP contribution in [-0.4, -0.2) is 34.9 Å². The van der Waals surface area contributed by atoms with E-state index < -0.39 is 19.9 Å². The summed E-state index contributed by atoms with van der Waals surface area (Å²) in [5.74, 6) is -0.309. The zero-order valence-corrected chi connectivity index (χ0v) is 12.6. The van der Waals surface area contributed by atoms with Crippen LogP contribution in [-0.2, 0) is 19.9 Å². The van der Waals surface area contributed by atoms with Crippen LogP contribution in [0.3, 0.4) is 0 Å². The summed E-state index contributed by atoms with van der Waals surface area (Å²) in [5.41, 5.74) is 5.58. The number of rotatable bonds is 6. The Bertz CT molecular complexity index is 636. The highest BCUT2D eigenvalue weighted by molar-refractivity contribution is 7.91. The molecule has 0 atom stereocenters. The molecule has 108 valence electrons. The summed E-state index contributed by atoms with van der Waals surface area (Å²) in [6, 6.07) is 4.33. The largest absolute Gasteiger partial charge is 0.398 e. The van der Waals surface area contributed by atoms with Crippen LogP contribution in [0.2, 0.25) is 5.02 Å². The number of benzene rings is 1. The molecule has 9 heteroatoms. The summed E-state index contributed by atoms with van der Waals surface area (Å²) >= 11 is 5.79. The molecule has 0 radical (unpaired) electrons. The first-order valence-corrected chi connectivity index (χ1v) is 9.12. The Morgan fingerprint density at radius 3 is 2.42 bits per heavy atom. The maximum atomic E-state index is 12.0. The standard InChI is InChI=1S/C10H15ClN2O4S2/c1-2-18(14,15)7-6-13-19(16,17)10-8(11)4-3-5-9(10)12/h3-5,13H,2,6-7,12H2,1H3. The zero-order chi connectivity index (χ0) is 14.7. The van der Waals surface area contributed by atoms with Crippen LogP contribution in [0.5, 0.6) is 0 Å². The van der Waals surface area contributed by atoms with Gasteiger partial charge in [0.1, 0.15) is 4.90 Å². The van der Waals surface area contributed by atoms with Crippen LogP contribution in [0.4, 0.5) is 5.69 Å². The van der Waals surface area contributed by atoms with Gasteiger partial charge in [-0.2, -0.15) is 0 Å². The Kier molecular flexibility index (Phi) is 5.19. The van der Waals surface area contributed by atoms with E-state index in [-0.39, 0.29) is 33.7 Å². The second-order valence-electron chi connectivity index (χ2n) is 3.79. The van der Waals surface area contributed by atoms with E-state index in [9.17, 15) is 16.8 Å². The quantitative estimate of drug-likeness (QED) is 0.746. The summed E-state index contributed by atoms with van der Waals surface area (Å²) < 4.78 is 48.7. The predicted octanol–water partition coefficient (Wildman–Crippen LogP) is 0.635. The first kappa shape index (κ1) is 16.2. The van der Waals surface area contributed by atoms with Crippen molar-refractivity contribution in [1.82, 2.24) is 4.72 Å². The number of nitrogens with two attached hydrogens (primary N) is 1. The summed E-state index contributed by atoms with van der Waals surface area (Å²) in [7, 11) is -7.16. The van der Waals surface area contributed by atoms with E-state index in [1.54, 1.807) is 0 Å². The van der Waals surface area contributed by atoms with Crippen molar-refractivity contribution in [3.05, 3.63) is 23.2 Å². The molecule has 1 aromatic rings. The minimum atomic E-state index is -3.92. The molecule has 0 saturated carbocycles. The van der Waals surface area contributed by atoms with Crippen molar-refractivity contribution in [3.8, 4) is 0 Å². The van der Waals surface area contributed by atoms with Crippen LogP contribution in [0.25, 0.3) is 0 Å². The minimum absolute atomic E-state index is 0.00847. The molecule has 0 aromatic heterocycles. The van der Waals surface area contributed by atoms with Crippen LogP contribution in [0.1, 0.15) is 6.92 Å². The highest BCUT2D eigenvalue weighted by atomic mass is 35.5. The van der Waals surface area contributed by atoms with Crippen LogP contribution < -0.4 is 10.5 Å². The number of sulfone groups is 1. The van der Waals surface area contributed by atoms with Gasteiger partial charge in [-0.15, -0.1) is 0 Å². The van der Waals surface area contributed by atoms with E-state index in [4.69, 9.17) is 17.3 Å². The second-order valence-corrected chi connectivity index (χ2v) is 8.38. The number of hydrogen-bond donors (Lipinski definition) is 2. The fourth-order valence-electron chi connectivity index (χ4n) is 1.36. The molecule has 1 aromatic carbocycles. The van der Waals surface area contributed by atoms with Crippen LogP contribution in [0, 0.1) is 0 Å². The first-order valence-electron chi connectivity index (χ1n) is 5.43. The molecule has 0 saturated heterocycles. The summed E-state index contributed by atoms with van der Waals surface area (Å²) in [6.07, 6.45) is 0. The Hall–Kier alpha value is -0.830. The number of hydrogen-bond acceptors (Lipinski definition) is 5. The van der Waals surface area contributed by atoms with E-state index in [2.05, 4.69) is 4.72 Å². The molecule has 6 nitrogen and oxygen atoms in total. The molecule has 0 spiro atoms. The zero-order valence-electron chi connectivity index (χ0n) is 10.3. The molecule has 1 rings (SSSR count).